The SMILES string of the molecule is CCCNC(c1ccc2nccnc2c1)c1cccs1. The summed E-state index contributed by atoms with van der Waals surface area (Å²) >= 11 is 1.78. The lowest BCUT2D eigenvalue weighted by Crippen LogP contribution is -2.22. The average Bonchev–Trinajstić information content (AvgIpc) is 3.02. The van der Waals surface area contributed by atoms with Gasteiger partial charge in [0.2, 0.25) is 0 Å². The van der Waals surface area contributed by atoms with E-state index in [-0.39, 0.29) is 6.04 Å². The van der Waals surface area contributed by atoms with Crippen molar-refractivity contribution in [1.82, 2.24) is 15.3 Å². The minimum absolute atomic E-state index is 0.237. The number of nitrogens with zero attached hydrogens (tertiary/aromatic N) is 2. The Kier molecular flexibility index (Phi) is 4.04. The van der Waals surface area contributed by atoms with E-state index < -0.39 is 0 Å². The molecule has 0 radical (unpaired) electrons. The maximum Gasteiger partial charge on any atom is 0.0890 e. The lowest BCUT2D eigenvalue weighted by atomic mass is 10.0. The van der Waals surface area contributed by atoms with Crippen LogP contribution in [0.5, 0.6) is 0 Å². The molecule has 1 unspecified atom stereocenters. The van der Waals surface area contributed by atoms with Crippen molar-refractivity contribution in [3.63, 3.8) is 0 Å². The molecule has 3 aromatic rings. The summed E-state index contributed by atoms with van der Waals surface area (Å²) in [4.78, 5) is 10.1. The number of benzene rings is 1. The molecule has 20 heavy (non-hydrogen) atoms. The van der Waals surface area contributed by atoms with E-state index in [1.807, 2.05) is 6.07 Å². The van der Waals surface area contributed by atoms with Crippen LogP contribution in [0, 0.1) is 0 Å². The van der Waals surface area contributed by atoms with Crippen molar-refractivity contribution in [2.75, 3.05) is 6.54 Å². The van der Waals surface area contributed by atoms with Gasteiger partial charge in [-0.05, 0) is 42.1 Å². The first-order valence-corrected chi connectivity index (χ1v) is 7.74. The van der Waals surface area contributed by atoms with Gasteiger partial charge in [-0.1, -0.05) is 19.1 Å². The van der Waals surface area contributed by atoms with Crippen LogP contribution in [0.2, 0.25) is 0 Å². The third-order valence-electron chi connectivity index (χ3n) is 3.25. The first kappa shape index (κ1) is 13.2. The molecule has 1 N–H and O–H groups in total. The van der Waals surface area contributed by atoms with Crippen molar-refractivity contribution in [1.29, 1.82) is 0 Å². The quantitative estimate of drug-likeness (QED) is 0.774. The van der Waals surface area contributed by atoms with Gasteiger partial charge in [-0.2, -0.15) is 0 Å². The molecule has 0 saturated heterocycles. The first-order chi connectivity index (χ1) is 9.88. The van der Waals surface area contributed by atoms with E-state index in [9.17, 15) is 0 Å². The number of fused-ring (bicyclic) bond motifs is 1. The summed E-state index contributed by atoms with van der Waals surface area (Å²) in [5.74, 6) is 0. The molecule has 0 bridgehead atoms. The fraction of sp³-hybridized carbons (Fsp3) is 0.250. The van der Waals surface area contributed by atoms with Gasteiger partial charge in [0.1, 0.15) is 0 Å². The van der Waals surface area contributed by atoms with Crippen LogP contribution >= 0.6 is 11.3 Å². The van der Waals surface area contributed by atoms with Crippen LogP contribution in [0.3, 0.4) is 0 Å². The van der Waals surface area contributed by atoms with E-state index in [4.69, 9.17) is 0 Å². The monoisotopic (exact) mass is 283 g/mol. The number of hydrogen-bond donors (Lipinski definition) is 1. The second kappa shape index (κ2) is 6.11. The summed E-state index contributed by atoms with van der Waals surface area (Å²) < 4.78 is 0. The van der Waals surface area contributed by atoms with Crippen LogP contribution in [0.25, 0.3) is 11.0 Å². The molecule has 0 spiro atoms. The minimum Gasteiger partial charge on any atom is -0.306 e. The topological polar surface area (TPSA) is 37.8 Å². The molecule has 3 nitrogen and oxygen atoms in total. The first-order valence-electron chi connectivity index (χ1n) is 6.86. The number of thiophene rings is 1. The highest BCUT2D eigenvalue weighted by Gasteiger charge is 2.14. The van der Waals surface area contributed by atoms with Crippen LogP contribution in [0.1, 0.15) is 29.8 Å². The highest BCUT2D eigenvalue weighted by Crippen LogP contribution is 2.27. The summed E-state index contributed by atoms with van der Waals surface area (Å²) in [5.41, 5.74) is 3.13. The van der Waals surface area contributed by atoms with Crippen molar-refractivity contribution < 1.29 is 0 Å². The molecule has 1 atom stereocenters. The molecular formula is C16H17N3S. The van der Waals surface area contributed by atoms with E-state index in [1.165, 1.54) is 10.4 Å². The maximum absolute atomic E-state index is 4.40. The Labute approximate surface area is 122 Å². The highest BCUT2D eigenvalue weighted by atomic mass is 32.1. The molecule has 4 heteroatoms. The molecule has 0 amide bonds. The summed E-state index contributed by atoms with van der Waals surface area (Å²) in [5, 5.41) is 5.74. The van der Waals surface area contributed by atoms with Crippen molar-refractivity contribution in [3.05, 3.63) is 58.5 Å². The standard InChI is InChI=1S/C16H17N3S/c1-2-7-19-16(15-4-3-10-20-15)12-5-6-13-14(11-12)18-9-8-17-13/h3-6,8-11,16,19H,2,7H2,1H3. The fourth-order valence-electron chi connectivity index (χ4n) is 2.29. The molecule has 2 aromatic heterocycles. The molecule has 102 valence electrons. The Balaban J connectivity index is 1.99. The van der Waals surface area contributed by atoms with Gasteiger partial charge >= 0.3 is 0 Å². The van der Waals surface area contributed by atoms with Crippen molar-refractivity contribution in [2.45, 2.75) is 19.4 Å². The number of aromatic nitrogens is 2. The summed E-state index contributed by atoms with van der Waals surface area (Å²) in [6.45, 7) is 3.19. The van der Waals surface area contributed by atoms with Gasteiger partial charge in [-0.3, -0.25) is 9.97 Å². The average molecular weight is 283 g/mol. The molecule has 0 fully saturated rings. The molecule has 2 heterocycles. The number of rotatable bonds is 5. The van der Waals surface area contributed by atoms with Crippen LogP contribution in [-0.4, -0.2) is 16.5 Å². The second-order valence-electron chi connectivity index (χ2n) is 4.71. The smallest absolute Gasteiger partial charge is 0.0890 e. The van der Waals surface area contributed by atoms with E-state index in [0.717, 1.165) is 24.0 Å². The van der Waals surface area contributed by atoms with Gasteiger partial charge in [0.05, 0.1) is 17.1 Å². The number of hydrogen-bond acceptors (Lipinski definition) is 4. The Bertz CT molecular complexity index is 679. The third-order valence-corrected chi connectivity index (χ3v) is 4.19. The van der Waals surface area contributed by atoms with Gasteiger partial charge in [0.15, 0.2) is 0 Å². The summed E-state index contributed by atoms with van der Waals surface area (Å²) in [6.07, 6.45) is 4.59. The van der Waals surface area contributed by atoms with Gasteiger partial charge in [-0.25, -0.2) is 0 Å². The predicted octanol–water partition coefficient (Wildman–Crippen LogP) is 3.78. The van der Waals surface area contributed by atoms with Gasteiger partial charge in [-0.15, -0.1) is 11.3 Å². The van der Waals surface area contributed by atoms with Gasteiger partial charge < -0.3 is 5.32 Å². The Hall–Kier alpha value is -1.78. The van der Waals surface area contributed by atoms with Crippen LogP contribution in [0.15, 0.2) is 48.1 Å². The van der Waals surface area contributed by atoms with Gasteiger partial charge in [0, 0.05) is 17.3 Å². The van der Waals surface area contributed by atoms with E-state index in [2.05, 4.69) is 51.9 Å². The Morgan fingerprint density at radius 1 is 1.15 bits per heavy atom. The Morgan fingerprint density at radius 2 is 2.00 bits per heavy atom. The predicted molar refractivity (Wildman–Crippen MR) is 84.0 cm³/mol. The second-order valence-corrected chi connectivity index (χ2v) is 5.69. The molecule has 0 aliphatic heterocycles. The molecule has 0 aliphatic carbocycles. The summed E-state index contributed by atoms with van der Waals surface area (Å²) in [6, 6.07) is 10.8. The maximum atomic E-state index is 4.40. The largest absolute Gasteiger partial charge is 0.306 e. The van der Waals surface area contributed by atoms with E-state index in [0.29, 0.717) is 0 Å². The van der Waals surface area contributed by atoms with Crippen LogP contribution in [0.4, 0.5) is 0 Å². The lowest BCUT2D eigenvalue weighted by Gasteiger charge is -2.18. The zero-order valence-corrected chi connectivity index (χ0v) is 12.2. The molecule has 0 saturated carbocycles. The molecular weight excluding hydrogens is 266 g/mol. The lowest BCUT2D eigenvalue weighted by molar-refractivity contribution is 0.606. The zero-order chi connectivity index (χ0) is 13.8. The minimum atomic E-state index is 0.237. The van der Waals surface area contributed by atoms with E-state index >= 15 is 0 Å². The van der Waals surface area contributed by atoms with E-state index in [1.54, 1.807) is 23.7 Å². The number of nitrogens with one attached hydrogen (secondary N) is 1. The Morgan fingerprint density at radius 3 is 2.75 bits per heavy atom. The van der Waals surface area contributed by atoms with Crippen molar-refractivity contribution in [2.24, 2.45) is 0 Å². The van der Waals surface area contributed by atoms with Crippen molar-refractivity contribution >= 4 is 22.4 Å². The van der Waals surface area contributed by atoms with Crippen molar-refractivity contribution in [3.8, 4) is 0 Å². The summed E-state index contributed by atoms with van der Waals surface area (Å²) in [7, 11) is 0. The highest BCUT2D eigenvalue weighted by molar-refractivity contribution is 7.10. The van der Waals surface area contributed by atoms with Gasteiger partial charge in [0.25, 0.3) is 0 Å². The third kappa shape index (κ3) is 2.71. The van der Waals surface area contributed by atoms with Crippen LogP contribution in [-0.2, 0) is 0 Å². The normalized spacial score (nSPS) is 12.7. The fourth-order valence-corrected chi connectivity index (χ4v) is 3.11. The zero-order valence-electron chi connectivity index (χ0n) is 11.4. The molecule has 0 aliphatic rings. The molecule has 3 rings (SSSR count). The molecule has 1 aromatic carbocycles. The van der Waals surface area contributed by atoms with Crippen LogP contribution < -0.4 is 5.32 Å².